The Kier molecular flexibility index (Phi) is 6.88. The molecule has 0 aliphatic heterocycles. The first kappa shape index (κ1) is 16.9. The molecule has 0 saturated heterocycles. The highest BCUT2D eigenvalue weighted by atomic mass is 16.4. The zero-order valence-corrected chi connectivity index (χ0v) is 11.9. The molecule has 0 aromatic rings. The number of carboxylic acids is 1. The highest BCUT2D eigenvalue weighted by Gasteiger charge is 2.41. The van der Waals surface area contributed by atoms with Crippen LogP contribution in [-0.2, 0) is 9.59 Å². The van der Waals surface area contributed by atoms with Crippen LogP contribution in [0, 0.1) is 11.8 Å². The fraction of sp³-hybridized carbons (Fsp3) is 0.733. The van der Waals surface area contributed by atoms with E-state index in [2.05, 4.69) is 6.92 Å². The van der Waals surface area contributed by atoms with Gasteiger partial charge < -0.3 is 15.3 Å². The van der Waals surface area contributed by atoms with Crippen LogP contribution in [0.25, 0.3) is 0 Å². The van der Waals surface area contributed by atoms with Crippen molar-refractivity contribution in [2.75, 3.05) is 0 Å². The molecule has 1 aliphatic carbocycles. The van der Waals surface area contributed by atoms with Gasteiger partial charge in [0.1, 0.15) is 5.78 Å². The molecule has 0 heterocycles. The van der Waals surface area contributed by atoms with E-state index in [-0.39, 0.29) is 18.6 Å². The molecule has 0 spiro atoms. The topological polar surface area (TPSA) is 94.8 Å². The van der Waals surface area contributed by atoms with E-state index in [4.69, 9.17) is 5.11 Å². The molecule has 5 nitrogen and oxygen atoms in total. The smallest absolute Gasteiger partial charge is 0.303 e. The zero-order chi connectivity index (χ0) is 15.1. The largest absolute Gasteiger partial charge is 0.481 e. The van der Waals surface area contributed by atoms with Crippen LogP contribution in [0.15, 0.2) is 12.2 Å². The summed E-state index contributed by atoms with van der Waals surface area (Å²) in [7, 11) is 0. The van der Waals surface area contributed by atoms with Gasteiger partial charge in [0.25, 0.3) is 0 Å². The maximum Gasteiger partial charge on any atom is 0.303 e. The summed E-state index contributed by atoms with van der Waals surface area (Å²) in [6.45, 7) is 2.08. The van der Waals surface area contributed by atoms with E-state index in [9.17, 15) is 19.8 Å². The second kappa shape index (κ2) is 8.17. The Hall–Kier alpha value is -1.20. The Morgan fingerprint density at radius 3 is 2.75 bits per heavy atom. The Morgan fingerprint density at radius 1 is 1.45 bits per heavy atom. The molecule has 20 heavy (non-hydrogen) atoms. The van der Waals surface area contributed by atoms with Crippen LogP contribution >= 0.6 is 0 Å². The van der Waals surface area contributed by atoms with Gasteiger partial charge in [-0.2, -0.15) is 0 Å². The number of Topliss-reactive ketones (excluding diaryl/α,β-unsaturated/α-hetero) is 1. The maximum absolute atomic E-state index is 11.8. The quantitative estimate of drug-likeness (QED) is 0.464. The van der Waals surface area contributed by atoms with E-state index in [0.717, 1.165) is 19.3 Å². The highest BCUT2D eigenvalue weighted by Crippen LogP contribution is 2.33. The summed E-state index contributed by atoms with van der Waals surface area (Å²) in [6.07, 6.45) is 5.07. The lowest BCUT2D eigenvalue weighted by atomic mass is 9.90. The van der Waals surface area contributed by atoms with Crippen molar-refractivity contribution in [1.82, 2.24) is 0 Å². The number of ketones is 1. The molecule has 5 heteroatoms. The molecular formula is C15H24O5. The van der Waals surface area contributed by atoms with Gasteiger partial charge >= 0.3 is 5.97 Å². The Bertz CT molecular complexity index is 363. The second-order valence-corrected chi connectivity index (χ2v) is 5.47. The highest BCUT2D eigenvalue weighted by molar-refractivity contribution is 5.86. The molecule has 114 valence electrons. The average Bonchev–Trinajstić information content (AvgIpc) is 2.62. The summed E-state index contributed by atoms with van der Waals surface area (Å²) in [5.74, 6) is -2.35. The summed E-state index contributed by atoms with van der Waals surface area (Å²) in [5.41, 5.74) is 0. The maximum atomic E-state index is 11.8. The number of hydrogen-bond acceptors (Lipinski definition) is 4. The molecule has 0 amide bonds. The standard InChI is InChI=1S/C15H24O5/c1-2-3-4-5-10(16)6-7-11-12(8-15(19)20)14(18)9-13(11)17/h6-7,10-12,14,16,18H,2-5,8-9H2,1H3,(H,19,20)/t10-,11+,12+,14-/m0/s1. The third-order valence-electron chi connectivity index (χ3n) is 3.79. The lowest BCUT2D eigenvalue weighted by Crippen LogP contribution is -2.22. The summed E-state index contributed by atoms with van der Waals surface area (Å²) >= 11 is 0. The lowest BCUT2D eigenvalue weighted by Gasteiger charge is -2.16. The second-order valence-electron chi connectivity index (χ2n) is 5.47. The average molecular weight is 284 g/mol. The number of hydrogen-bond donors (Lipinski definition) is 3. The molecule has 1 rings (SSSR count). The van der Waals surface area contributed by atoms with E-state index in [0.29, 0.717) is 6.42 Å². The molecule has 1 aliphatic rings. The number of rotatable bonds is 8. The van der Waals surface area contributed by atoms with Crippen molar-refractivity contribution in [3.8, 4) is 0 Å². The minimum atomic E-state index is -1.02. The number of aliphatic carboxylic acids is 1. The van der Waals surface area contributed by atoms with Crippen molar-refractivity contribution >= 4 is 11.8 Å². The number of carbonyl (C=O) groups excluding carboxylic acids is 1. The van der Waals surface area contributed by atoms with Crippen LogP contribution in [0.3, 0.4) is 0 Å². The van der Waals surface area contributed by atoms with Gasteiger partial charge in [-0.15, -0.1) is 0 Å². The van der Waals surface area contributed by atoms with Crippen LogP contribution in [-0.4, -0.2) is 39.3 Å². The van der Waals surface area contributed by atoms with Crippen LogP contribution in [0.2, 0.25) is 0 Å². The van der Waals surface area contributed by atoms with Gasteiger partial charge in [-0.05, 0) is 6.42 Å². The van der Waals surface area contributed by atoms with E-state index < -0.39 is 30.0 Å². The van der Waals surface area contributed by atoms with Crippen LogP contribution < -0.4 is 0 Å². The monoisotopic (exact) mass is 284 g/mol. The molecule has 0 aromatic heterocycles. The molecule has 4 atom stereocenters. The van der Waals surface area contributed by atoms with Crippen molar-refractivity contribution in [3.05, 3.63) is 12.2 Å². The molecular weight excluding hydrogens is 260 g/mol. The van der Waals surface area contributed by atoms with Crippen LogP contribution in [0.1, 0.15) is 45.4 Å². The van der Waals surface area contributed by atoms with Gasteiger partial charge in [-0.25, -0.2) is 0 Å². The predicted molar refractivity (Wildman–Crippen MR) is 74.2 cm³/mol. The Labute approximate surface area is 119 Å². The Morgan fingerprint density at radius 2 is 2.15 bits per heavy atom. The molecule has 0 radical (unpaired) electrons. The summed E-state index contributed by atoms with van der Waals surface area (Å²) < 4.78 is 0. The zero-order valence-electron chi connectivity index (χ0n) is 11.9. The summed E-state index contributed by atoms with van der Waals surface area (Å²) in [5, 5.41) is 28.3. The number of allylic oxidation sites excluding steroid dienone is 1. The van der Waals surface area contributed by atoms with Crippen LogP contribution in [0.5, 0.6) is 0 Å². The van der Waals surface area contributed by atoms with Crippen molar-refractivity contribution in [2.24, 2.45) is 11.8 Å². The minimum absolute atomic E-state index is 0.00111. The van der Waals surface area contributed by atoms with Gasteiger partial charge in [-0.3, -0.25) is 9.59 Å². The van der Waals surface area contributed by atoms with Crippen molar-refractivity contribution < 1.29 is 24.9 Å². The molecule has 0 aromatic carbocycles. The minimum Gasteiger partial charge on any atom is -0.481 e. The fourth-order valence-electron chi connectivity index (χ4n) is 2.63. The fourth-order valence-corrected chi connectivity index (χ4v) is 2.63. The molecule has 3 N–H and O–H groups in total. The molecule has 0 unspecified atom stereocenters. The van der Waals surface area contributed by atoms with Gasteiger partial charge in [0.05, 0.1) is 18.6 Å². The Balaban J connectivity index is 2.57. The van der Waals surface area contributed by atoms with Crippen molar-refractivity contribution in [2.45, 2.75) is 57.7 Å². The SMILES string of the molecule is CCCCC[C@H](O)C=C[C@H]1C(=O)C[C@H](O)[C@@H]1CC(=O)O. The number of aliphatic hydroxyl groups excluding tert-OH is 2. The first-order valence-corrected chi connectivity index (χ1v) is 7.24. The predicted octanol–water partition coefficient (Wildman–Crippen LogP) is 1.52. The number of unbranched alkanes of at least 4 members (excludes halogenated alkanes) is 2. The van der Waals surface area contributed by atoms with Crippen LogP contribution in [0.4, 0.5) is 0 Å². The normalized spacial score (nSPS) is 28.1. The molecule has 1 fully saturated rings. The van der Waals surface area contributed by atoms with Crippen molar-refractivity contribution in [3.63, 3.8) is 0 Å². The van der Waals surface area contributed by atoms with Crippen molar-refractivity contribution in [1.29, 1.82) is 0 Å². The van der Waals surface area contributed by atoms with Gasteiger partial charge in [0.2, 0.25) is 0 Å². The van der Waals surface area contributed by atoms with E-state index >= 15 is 0 Å². The first-order chi connectivity index (χ1) is 9.45. The van der Waals surface area contributed by atoms with Gasteiger partial charge in [-0.1, -0.05) is 38.3 Å². The van der Waals surface area contributed by atoms with E-state index in [1.165, 1.54) is 0 Å². The van der Waals surface area contributed by atoms with E-state index in [1.54, 1.807) is 12.2 Å². The third-order valence-corrected chi connectivity index (χ3v) is 3.79. The lowest BCUT2D eigenvalue weighted by molar-refractivity contribution is -0.139. The summed E-state index contributed by atoms with van der Waals surface area (Å²) in [6, 6.07) is 0. The number of aliphatic hydroxyl groups is 2. The molecule has 1 saturated carbocycles. The van der Waals surface area contributed by atoms with E-state index in [1.807, 2.05) is 0 Å². The van der Waals surface area contributed by atoms with Gasteiger partial charge in [0.15, 0.2) is 0 Å². The number of carbonyl (C=O) groups is 2. The molecule has 0 bridgehead atoms. The first-order valence-electron chi connectivity index (χ1n) is 7.24. The number of carboxylic acid groups (broad SMARTS) is 1. The third kappa shape index (κ3) is 5.06. The summed E-state index contributed by atoms with van der Waals surface area (Å²) in [4.78, 5) is 22.5. The van der Waals surface area contributed by atoms with Gasteiger partial charge in [0, 0.05) is 18.3 Å².